The molecule has 2 saturated heterocycles. The second kappa shape index (κ2) is 10.3. The molecule has 0 aliphatic carbocycles. The number of sulfonamides is 1. The van der Waals surface area contributed by atoms with Crippen molar-refractivity contribution < 1.29 is 22.5 Å². The molecule has 2 amide bonds. The lowest BCUT2D eigenvalue weighted by Crippen LogP contribution is -2.53. The average molecular weight is 470 g/mol. The van der Waals surface area contributed by atoms with Gasteiger partial charge < -0.3 is 14.3 Å². The zero-order valence-electron chi connectivity index (χ0n) is 19.5. The first kappa shape index (κ1) is 24.7. The molecule has 2 aliphatic heterocycles. The Balaban J connectivity index is 1.48. The zero-order valence-corrected chi connectivity index (χ0v) is 20.4. The van der Waals surface area contributed by atoms with Gasteiger partial charge >= 0.3 is 0 Å². The average Bonchev–Trinajstić information content (AvgIpc) is 3.13. The number of aryl methyl sites for hydroxylation is 2. The standard InChI is InChI=1S/C21H35N5O5S/c1-5-24(6-2)21(28)18-7-9-23(10-8-18)15-19(27)25-11-13-26(14-12-25)32(29,30)20-16(3)22-31-17(20)4/h18H,5-15H2,1-4H3. The van der Waals surface area contributed by atoms with E-state index in [1.165, 1.54) is 4.31 Å². The number of hydrogen-bond acceptors (Lipinski definition) is 7. The van der Waals surface area contributed by atoms with Gasteiger partial charge in [-0.25, -0.2) is 8.42 Å². The Morgan fingerprint density at radius 2 is 1.62 bits per heavy atom. The third-order valence-electron chi connectivity index (χ3n) is 6.53. The van der Waals surface area contributed by atoms with E-state index in [0.717, 1.165) is 39.0 Å². The fraction of sp³-hybridized carbons (Fsp3) is 0.762. The number of nitrogens with zero attached hydrogens (tertiary/aromatic N) is 5. The van der Waals surface area contributed by atoms with Crippen LogP contribution in [0.3, 0.4) is 0 Å². The van der Waals surface area contributed by atoms with Crippen LogP contribution in [-0.4, -0.2) is 103 Å². The molecular formula is C21H35N5O5S. The smallest absolute Gasteiger partial charge is 0.248 e. The SMILES string of the molecule is CCN(CC)C(=O)C1CCN(CC(=O)N2CCN(S(=O)(=O)c3c(C)noc3C)CC2)CC1. The van der Waals surface area contributed by atoms with Crippen LogP contribution < -0.4 is 0 Å². The van der Waals surface area contributed by atoms with Gasteiger partial charge in [-0.1, -0.05) is 5.16 Å². The van der Waals surface area contributed by atoms with Crippen molar-refractivity contribution in [1.82, 2.24) is 24.2 Å². The minimum absolute atomic E-state index is 0.00732. The third-order valence-corrected chi connectivity index (χ3v) is 8.67. The van der Waals surface area contributed by atoms with E-state index >= 15 is 0 Å². The molecule has 0 aromatic carbocycles. The number of rotatable bonds is 7. The summed E-state index contributed by atoms with van der Waals surface area (Å²) in [5, 5.41) is 3.75. The molecule has 0 unspecified atom stereocenters. The minimum atomic E-state index is -3.69. The second-order valence-electron chi connectivity index (χ2n) is 8.50. The van der Waals surface area contributed by atoms with Crippen LogP contribution in [0.25, 0.3) is 0 Å². The largest absolute Gasteiger partial charge is 0.360 e. The van der Waals surface area contributed by atoms with E-state index in [-0.39, 0.29) is 41.5 Å². The summed E-state index contributed by atoms with van der Waals surface area (Å²) in [6.45, 7) is 11.6. The molecule has 0 spiro atoms. The Labute approximate surface area is 190 Å². The summed E-state index contributed by atoms with van der Waals surface area (Å²) in [7, 11) is -3.69. The minimum Gasteiger partial charge on any atom is -0.360 e. The van der Waals surface area contributed by atoms with Crippen LogP contribution in [0.5, 0.6) is 0 Å². The van der Waals surface area contributed by atoms with Crippen molar-refractivity contribution in [2.24, 2.45) is 5.92 Å². The number of aromatic nitrogens is 1. The molecule has 10 nitrogen and oxygen atoms in total. The van der Waals surface area contributed by atoms with Gasteiger partial charge in [-0.15, -0.1) is 0 Å². The Kier molecular flexibility index (Phi) is 7.94. The number of piperazine rings is 1. The molecule has 32 heavy (non-hydrogen) atoms. The van der Waals surface area contributed by atoms with E-state index in [2.05, 4.69) is 10.1 Å². The first-order valence-electron chi connectivity index (χ1n) is 11.4. The van der Waals surface area contributed by atoms with Crippen molar-refractivity contribution in [3.8, 4) is 0 Å². The molecule has 2 aliphatic rings. The van der Waals surface area contributed by atoms with Crippen LogP contribution >= 0.6 is 0 Å². The number of carbonyl (C=O) groups excluding carboxylic acids is 2. The fourth-order valence-electron chi connectivity index (χ4n) is 4.57. The van der Waals surface area contributed by atoms with Gasteiger partial charge in [-0.3, -0.25) is 14.5 Å². The van der Waals surface area contributed by atoms with Crippen molar-refractivity contribution in [2.45, 2.75) is 45.4 Å². The lowest BCUT2D eigenvalue weighted by Gasteiger charge is -2.37. The lowest BCUT2D eigenvalue weighted by atomic mass is 9.95. The monoisotopic (exact) mass is 469 g/mol. The quantitative estimate of drug-likeness (QED) is 0.579. The highest BCUT2D eigenvalue weighted by Crippen LogP contribution is 2.24. The number of likely N-dealkylation sites (tertiary alicyclic amines) is 1. The van der Waals surface area contributed by atoms with Gasteiger partial charge in [0, 0.05) is 45.2 Å². The fourth-order valence-corrected chi connectivity index (χ4v) is 6.29. The van der Waals surface area contributed by atoms with E-state index in [1.807, 2.05) is 18.7 Å². The molecule has 0 atom stereocenters. The van der Waals surface area contributed by atoms with Crippen molar-refractivity contribution in [2.75, 3.05) is 58.9 Å². The summed E-state index contributed by atoms with van der Waals surface area (Å²) in [5.41, 5.74) is 0.351. The second-order valence-corrected chi connectivity index (χ2v) is 10.4. The molecule has 1 aromatic heterocycles. The summed E-state index contributed by atoms with van der Waals surface area (Å²) in [6.07, 6.45) is 1.54. The van der Waals surface area contributed by atoms with E-state index in [1.54, 1.807) is 18.7 Å². The van der Waals surface area contributed by atoms with Gasteiger partial charge in [0.1, 0.15) is 10.6 Å². The van der Waals surface area contributed by atoms with Crippen molar-refractivity contribution >= 4 is 21.8 Å². The molecule has 0 radical (unpaired) electrons. The summed E-state index contributed by atoms with van der Waals surface area (Å²) >= 11 is 0. The van der Waals surface area contributed by atoms with Gasteiger partial charge in [0.2, 0.25) is 21.8 Å². The van der Waals surface area contributed by atoms with E-state index in [4.69, 9.17) is 4.52 Å². The number of piperidine rings is 1. The molecule has 0 N–H and O–H groups in total. The van der Waals surface area contributed by atoms with E-state index in [9.17, 15) is 18.0 Å². The van der Waals surface area contributed by atoms with Crippen LogP contribution in [0, 0.1) is 19.8 Å². The van der Waals surface area contributed by atoms with Crippen LogP contribution in [0.1, 0.15) is 38.1 Å². The third kappa shape index (κ3) is 5.15. The van der Waals surface area contributed by atoms with Crippen molar-refractivity contribution in [3.63, 3.8) is 0 Å². The molecule has 0 bridgehead atoms. The maximum atomic E-state index is 12.9. The number of amides is 2. The highest BCUT2D eigenvalue weighted by Gasteiger charge is 2.35. The van der Waals surface area contributed by atoms with E-state index < -0.39 is 10.0 Å². The summed E-state index contributed by atoms with van der Waals surface area (Å²) < 4.78 is 32.3. The topological polar surface area (TPSA) is 107 Å². The highest BCUT2D eigenvalue weighted by molar-refractivity contribution is 7.89. The van der Waals surface area contributed by atoms with Crippen LogP contribution in [0.4, 0.5) is 0 Å². The van der Waals surface area contributed by atoms with Crippen molar-refractivity contribution in [1.29, 1.82) is 0 Å². The first-order chi connectivity index (χ1) is 15.2. The molecule has 2 fully saturated rings. The molecule has 3 rings (SSSR count). The Bertz CT molecular complexity index is 892. The normalized spacial score (nSPS) is 19.3. The van der Waals surface area contributed by atoms with Crippen molar-refractivity contribution in [3.05, 3.63) is 11.5 Å². The zero-order chi connectivity index (χ0) is 23.5. The van der Waals surface area contributed by atoms with Crippen LogP contribution in [-0.2, 0) is 19.6 Å². The van der Waals surface area contributed by atoms with E-state index in [0.29, 0.717) is 25.3 Å². The predicted octanol–water partition coefficient (Wildman–Crippen LogP) is 0.705. The molecule has 1 aromatic rings. The lowest BCUT2D eigenvalue weighted by molar-refractivity contribution is -0.137. The maximum Gasteiger partial charge on any atom is 0.248 e. The summed E-state index contributed by atoms with van der Waals surface area (Å²) in [5.74, 6) is 0.549. The van der Waals surface area contributed by atoms with Gasteiger partial charge in [-0.2, -0.15) is 4.31 Å². The van der Waals surface area contributed by atoms with Crippen LogP contribution in [0.2, 0.25) is 0 Å². The van der Waals surface area contributed by atoms with Gasteiger partial charge in [0.15, 0.2) is 5.76 Å². The molecule has 3 heterocycles. The Hall–Kier alpha value is -1.98. The van der Waals surface area contributed by atoms with Gasteiger partial charge in [0.05, 0.1) is 6.54 Å². The van der Waals surface area contributed by atoms with Gasteiger partial charge in [-0.05, 0) is 53.6 Å². The van der Waals surface area contributed by atoms with Crippen LogP contribution in [0.15, 0.2) is 9.42 Å². The van der Waals surface area contributed by atoms with Gasteiger partial charge in [0.25, 0.3) is 0 Å². The Morgan fingerprint density at radius 3 is 2.12 bits per heavy atom. The summed E-state index contributed by atoms with van der Waals surface area (Å²) in [6, 6.07) is 0. The molecule has 0 saturated carbocycles. The maximum absolute atomic E-state index is 12.9. The number of carbonyl (C=O) groups is 2. The molecule has 11 heteroatoms. The highest BCUT2D eigenvalue weighted by atomic mass is 32.2. The summed E-state index contributed by atoms with van der Waals surface area (Å²) in [4.78, 5) is 31.2. The predicted molar refractivity (Wildman–Crippen MR) is 118 cm³/mol. The first-order valence-corrected chi connectivity index (χ1v) is 12.8. The molecule has 180 valence electrons. The molecular weight excluding hydrogens is 434 g/mol. The number of hydrogen-bond donors (Lipinski definition) is 0. The Morgan fingerprint density at radius 1 is 1.03 bits per heavy atom.